The van der Waals surface area contributed by atoms with Crippen LogP contribution in [0.4, 0.5) is 4.39 Å². The Balaban J connectivity index is 1.19. The van der Waals surface area contributed by atoms with Gasteiger partial charge in [-0.05, 0) is 80.3 Å². The van der Waals surface area contributed by atoms with Crippen molar-refractivity contribution < 1.29 is 14.0 Å². The Hall–Kier alpha value is -2.80. The third kappa shape index (κ3) is 4.19. The number of fused-ring (bicyclic) bond motifs is 1. The summed E-state index contributed by atoms with van der Waals surface area (Å²) in [6, 6.07) is 10.5. The molecule has 1 amide bonds. The fourth-order valence-electron chi connectivity index (χ4n) is 4.96. The van der Waals surface area contributed by atoms with Crippen LogP contribution in [0.25, 0.3) is 5.65 Å². The number of carbonyl (C=O) groups excluding carboxylic acids is 1. The highest BCUT2D eigenvalue weighted by molar-refractivity contribution is 5.78. The van der Waals surface area contributed by atoms with Crippen molar-refractivity contribution in [3.63, 3.8) is 0 Å². The normalized spacial score (nSPS) is 24.1. The summed E-state index contributed by atoms with van der Waals surface area (Å²) in [6.45, 7) is 2.42. The molecule has 3 heterocycles. The first-order valence-electron chi connectivity index (χ1n) is 11.1. The van der Waals surface area contributed by atoms with Crippen molar-refractivity contribution >= 4 is 11.6 Å². The molecule has 1 atom stereocenters. The molecule has 7 heteroatoms. The molecule has 6 nitrogen and oxygen atoms in total. The van der Waals surface area contributed by atoms with Crippen molar-refractivity contribution in [2.75, 3.05) is 6.61 Å². The zero-order chi connectivity index (χ0) is 21.4. The largest absolute Gasteiger partial charge is 0.272 e. The van der Waals surface area contributed by atoms with E-state index in [9.17, 15) is 9.18 Å². The number of hydroxylamine groups is 2. The topological polar surface area (TPSA) is 59.7 Å². The molecule has 31 heavy (non-hydrogen) atoms. The van der Waals surface area contributed by atoms with Crippen LogP contribution in [0.15, 0.2) is 42.6 Å². The summed E-state index contributed by atoms with van der Waals surface area (Å²) in [7, 11) is 0. The first kappa shape index (κ1) is 20.1. The number of aromatic nitrogens is 3. The van der Waals surface area contributed by atoms with Crippen LogP contribution in [0, 0.1) is 24.6 Å². The van der Waals surface area contributed by atoms with E-state index in [0.29, 0.717) is 12.5 Å². The van der Waals surface area contributed by atoms with E-state index >= 15 is 0 Å². The predicted octanol–water partition coefficient (Wildman–Crippen LogP) is 4.43. The van der Waals surface area contributed by atoms with E-state index in [1.54, 1.807) is 17.2 Å². The van der Waals surface area contributed by atoms with E-state index in [-0.39, 0.29) is 23.7 Å². The predicted molar refractivity (Wildman–Crippen MR) is 113 cm³/mol. The molecular formula is C24H27FN4O2. The summed E-state index contributed by atoms with van der Waals surface area (Å²) < 4.78 is 15.1. The van der Waals surface area contributed by atoms with Crippen LogP contribution in [0.3, 0.4) is 0 Å². The van der Waals surface area contributed by atoms with Crippen molar-refractivity contribution in [1.29, 1.82) is 0 Å². The molecule has 0 N–H and O–H groups in total. The summed E-state index contributed by atoms with van der Waals surface area (Å²) in [4.78, 5) is 23.3. The van der Waals surface area contributed by atoms with Crippen LogP contribution in [0.1, 0.15) is 55.1 Å². The summed E-state index contributed by atoms with van der Waals surface area (Å²) in [6.07, 6.45) is 7.54. The SMILES string of the molecule is Cc1nc2cc(CC3CCC(C(=O)N4OCC[C@H]4c4ccc(F)cc4)CC3)ccn2n1. The minimum absolute atomic E-state index is 0.000996. The van der Waals surface area contributed by atoms with Crippen molar-refractivity contribution in [2.24, 2.45) is 11.8 Å². The van der Waals surface area contributed by atoms with Crippen LogP contribution in [0.5, 0.6) is 0 Å². The van der Waals surface area contributed by atoms with Gasteiger partial charge in [0, 0.05) is 18.5 Å². The molecular weight excluding hydrogens is 395 g/mol. The fraction of sp³-hybridized carbons (Fsp3) is 0.458. The number of hydrogen-bond donors (Lipinski definition) is 0. The maximum atomic E-state index is 13.3. The van der Waals surface area contributed by atoms with Gasteiger partial charge in [0.15, 0.2) is 5.65 Å². The maximum absolute atomic E-state index is 13.3. The quantitative estimate of drug-likeness (QED) is 0.624. The smallest absolute Gasteiger partial charge is 0.249 e. The molecule has 1 aliphatic carbocycles. The molecule has 2 fully saturated rings. The van der Waals surface area contributed by atoms with Crippen molar-refractivity contribution in [1.82, 2.24) is 19.7 Å². The average molecular weight is 423 g/mol. The van der Waals surface area contributed by atoms with Crippen molar-refractivity contribution in [3.05, 3.63) is 65.4 Å². The van der Waals surface area contributed by atoms with Gasteiger partial charge in [-0.2, -0.15) is 5.10 Å². The van der Waals surface area contributed by atoms with Gasteiger partial charge in [-0.25, -0.2) is 19.0 Å². The molecule has 0 radical (unpaired) electrons. The maximum Gasteiger partial charge on any atom is 0.249 e. The number of nitrogens with zero attached hydrogens (tertiary/aromatic N) is 4. The molecule has 0 unspecified atom stereocenters. The van der Waals surface area contributed by atoms with Gasteiger partial charge in [-0.3, -0.25) is 9.63 Å². The fourth-order valence-corrected chi connectivity index (χ4v) is 4.96. The second-order valence-electron chi connectivity index (χ2n) is 8.77. The van der Waals surface area contributed by atoms with Gasteiger partial charge >= 0.3 is 0 Å². The molecule has 1 saturated carbocycles. The second-order valence-corrected chi connectivity index (χ2v) is 8.77. The number of hydrogen-bond acceptors (Lipinski definition) is 4. The summed E-state index contributed by atoms with van der Waals surface area (Å²) in [5.41, 5.74) is 3.09. The van der Waals surface area contributed by atoms with E-state index in [0.717, 1.165) is 55.6 Å². The standard InChI is InChI=1S/C24H27FN4O2/c1-16-26-23-15-18(10-12-28(23)27-16)14-17-2-4-20(5-3-17)24(30)29-22(11-13-31-29)19-6-8-21(25)9-7-19/h6-10,12,15,17,20,22H,2-5,11,13-14H2,1H3/t17?,20?,22-/m0/s1. The molecule has 162 valence electrons. The van der Waals surface area contributed by atoms with E-state index in [1.807, 2.05) is 17.6 Å². The Bertz CT molecular complexity index is 1070. The lowest BCUT2D eigenvalue weighted by Crippen LogP contribution is -2.36. The van der Waals surface area contributed by atoms with E-state index in [2.05, 4.69) is 22.2 Å². The first-order chi connectivity index (χ1) is 15.1. The Morgan fingerprint density at radius 3 is 2.68 bits per heavy atom. The van der Waals surface area contributed by atoms with Gasteiger partial charge in [0.25, 0.3) is 0 Å². The molecule has 3 aromatic rings. The number of carbonyl (C=O) groups is 1. The number of amides is 1. The highest BCUT2D eigenvalue weighted by Crippen LogP contribution is 2.37. The third-order valence-corrected chi connectivity index (χ3v) is 6.60. The lowest BCUT2D eigenvalue weighted by atomic mass is 9.79. The van der Waals surface area contributed by atoms with Gasteiger partial charge < -0.3 is 0 Å². The molecule has 1 aromatic carbocycles. The summed E-state index contributed by atoms with van der Waals surface area (Å²) in [5, 5.41) is 5.89. The second kappa shape index (κ2) is 8.38. The van der Waals surface area contributed by atoms with Gasteiger partial charge in [0.1, 0.15) is 11.6 Å². The monoisotopic (exact) mass is 422 g/mol. The lowest BCUT2D eigenvalue weighted by Gasteiger charge is -2.32. The summed E-state index contributed by atoms with van der Waals surface area (Å²) >= 11 is 0. The van der Waals surface area contributed by atoms with Gasteiger partial charge in [0.05, 0.1) is 12.6 Å². The third-order valence-electron chi connectivity index (χ3n) is 6.60. The average Bonchev–Trinajstić information content (AvgIpc) is 3.40. The van der Waals surface area contributed by atoms with Gasteiger partial charge in [-0.15, -0.1) is 0 Å². The lowest BCUT2D eigenvalue weighted by molar-refractivity contribution is -0.183. The number of aryl methyl sites for hydroxylation is 1. The number of rotatable bonds is 4. The van der Waals surface area contributed by atoms with E-state index in [1.165, 1.54) is 17.7 Å². The van der Waals surface area contributed by atoms with Crippen LogP contribution in [-0.2, 0) is 16.1 Å². The molecule has 1 aliphatic heterocycles. The zero-order valence-electron chi connectivity index (χ0n) is 17.7. The highest BCUT2D eigenvalue weighted by Gasteiger charge is 2.37. The van der Waals surface area contributed by atoms with Crippen molar-refractivity contribution in [2.45, 2.75) is 51.5 Å². The zero-order valence-corrected chi connectivity index (χ0v) is 17.7. The molecule has 5 rings (SSSR count). The molecule has 2 aliphatic rings. The van der Waals surface area contributed by atoms with E-state index in [4.69, 9.17) is 4.84 Å². The van der Waals surface area contributed by atoms with Gasteiger partial charge in [0.2, 0.25) is 5.91 Å². The first-order valence-corrected chi connectivity index (χ1v) is 11.1. The minimum atomic E-state index is -0.267. The number of pyridine rings is 1. The van der Waals surface area contributed by atoms with Crippen LogP contribution in [0.2, 0.25) is 0 Å². The minimum Gasteiger partial charge on any atom is -0.272 e. The summed E-state index contributed by atoms with van der Waals surface area (Å²) in [5.74, 6) is 1.16. The molecule has 2 aromatic heterocycles. The van der Waals surface area contributed by atoms with Crippen molar-refractivity contribution in [3.8, 4) is 0 Å². The molecule has 1 saturated heterocycles. The number of benzene rings is 1. The Morgan fingerprint density at radius 1 is 1.13 bits per heavy atom. The Kier molecular flexibility index (Phi) is 5.44. The van der Waals surface area contributed by atoms with Crippen LogP contribution < -0.4 is 0 Å². The highest BCUT2D eigenvalue weighted by atomic mass is 19.1. The van der Waals surface area contributed by atoms with Gasteiger partial charge in [-0.1, -0.05) is 12.1 Å². The Labute approximate surface area is 181 Å². The molecule has 0 bridgehead atoms. The van der Waals surface area contributed by atoms with E-state index < -0.39 is 0 Å². The number of halogens is 1. The molecule has 0 spiro atoms. The Morgan fingerprint density at radius 2 is 1.90 bits per heavy atom. The van der Waals surface area contributed by atoms with Crippen LogP contribution >= 0.6 is 0 Å². The van der Waals surface area contributed by atoms with Crippen LogP contribution in [-0.4, -0.2) is 32.2 Å².